The molecule has 2 aromatic rings. The van der Waals surface area contributed by atoms with Gasteiger partial charge in [0.05, 0.1) is 5.69 Å². The fourth-order valence-electron chi connectivity index (χ4n) is 2.17. The van der Waals surface area contributed by atoms with Crippen LogP contribution in [-0.4, -0.2) is 16.5 Å². The van der Waals surface area contributed by atoms with E-state index in [1.807, 2.05) is 0 Å². The minimum Gasteiger partial charge on any atom is -0.345 e. The summed E-state index contributed by atoms with van der Waals surface area (Å²) in [5.41, 5.74) is 11.6. The van der Waals surface area contributed by atoms with Crippen molar-refractivity contribution in [1.29, 1.82) is 0 Å². The highest BCUT2D eigenvalue weighted by molar-refractivity contribution is 5.66. The molecule has 0 fully saturated rings. The molecule has 0 aliphatic carbocycles. The van der Waals surface area contributed by atoms with Crippen molar-refractivity contribution in [2.45, 2.75) is 33.6 Å². The summed E-state index contributed by atoms with van der Waals surface area (Å²) in [6.07, 6.45) is 0. The first-order chi connectivity index (χ1) is 8.52. The largest absolute Gasteiger partial charge is 0.345 e. The second-order valence-electron chi connectivity index (χ2n) is 5.05. The van der Waals surface area contributed by atoms with Crippen molar-refractivity contribution in [2.75, 3.05) is 6.54 Å². The first kappa shape index (κ1) is 12.8. The third kappa shape index (κ3) is 2.31. The van der Waals surface area contributed by atoms with Crippen molar-refractivity contribution in [1.82, 2.24) is 9.97 Å². The summed E-state index contributed by atoms with van der Waals surface area (Å²) in [7, 11) is 0. The molecule has 3 nitrogen and oxygen atoms in total. The van der Waals surface area contributed by atoms with E-state index in [1.165, 1.54) is 16.7 Å². The topological polar surface area (TPSA) is 54.7 Å². The fraction of sp³-hybridized carbons (Fsp3) is 0.400. The Hall–Kier alpha value is -1.61. The van der Waals surface area contributed by atoms with E-state index in [0.717, 1.165) is 17.2 Å². The molecule has 2 rings (SSSR count). The van der Waals surface area contributed by atoms with Gasteiger partial charge in [-0.05, 0) is 26.3 Å². The number of nitrogens with two attached hydrogens (primary N) is 1. The standard InChI is InChI=1S/C15H21N3/c1-9-5-6-13(10(2)7-9)14-12(4)17-15(18-14)11(3)8-16/h5-7,11H,8,16H2,1-4H3,(H,17,18). The maximum atomic E-state index is 5.69. The number of imidazole rings is 1. The van der Waals surface area contributed by atoms with Crippen LogP contribution in [-0.2, 0) is 0 Å². The van der Waals surface area contributed by atoms with Crippen LogP contribution in [0.5, 0.6) is 0 Å². The lowest BCUT2D eigenvalue weighted by Crippen LogP contribution is -2.10. The molecule has 0 saturated carbocycles. The highest BCUT2D eigenvalue weighted by atomic mass is 14.9. The van der Waals surface area contributed by atoms with Crippen molar-refractivity contribution < 1.29 is 0 Å². The van der Waals surface area contributed by atoms with Gasteiger partial charge in [0.1, 0.15) is 5.82 Å². The number of rotatable bonds is 3. The fourth-order valence-corrected chi connectivity index (χ4v) is 2.17. The number of benzene rings is 1. The van der Waals surface area contributed by atoms with E-state index in [2.05, 4.69) is 50.9 Å². The summed E-state index contributed by atoms with van der Waals surface area (Å²) in [5.74, 6) is 1.24. The molecule has 0 bridgehead atoms. The lowest BCUT2D eigenvalue weighted by Gasteiger charge is -2.05. The SMILES string of the molecule is Cc1ccc(-c2nc(C(C)CN)[nH]c2C)c(C)c1. The summed E-state index contributed by atoms with van der Waals surface area (Å²) in [4.78, 5) is 8.05. The van der Waals surface area contributed by atoms with Gasteiger partial charge in [-0.2, -0.15) is 0 Å². The highest BCUT2D eigenvalue weighted by Crippen LogP contribution is 2.27. The maximum absolute atomic E-state index is 5.69. The minimum atomic E-state index is 0.267. The van der Waals surface area contributed by atoms with Crippen LogP contribution < -0.4 is 5.73 Å². The predicted molar refractivity (Wildman–Crippen MR) is 75.7 cm³/mol. The van der Waals surface area contributed by atoms with Crippen molar-refractivity contribution in [2.24, 2.45) is 5.73 Å². The zero-order valence-corrected chi connectivity index (χ0v) is 11.5. The molecular formula is C15H21N3. The van der Waals surface area contributed by atoms with Gasteiger partial charge < -0.3 is 10.7 Å². The van der Waals surface area contributed by atoms with Crippen molar-refractivity contribution in [3.8, 4) is 11.3 Å². The van der Waals surface area contributed by atoms with E-state index in [1.54, 1.807) is 0 Å². The van der Waals surface area contributed by atoms with Gasteiger partial charge in [0, 0.05) is 23.7 Å². The Morgan fingerprint density at radius 3 is 2.61 bits per heavy atom. The number of hydrogen-bond donors (Lipinski definition) is 2. The molecule has 3 N–H and O–H groups in total. The number of hydrogen-bond acceptors (Lipinski definition) is 2. The Bertz CT molecular complexity index is 555. The molecule has 18 heavy (non-hydrogen) atoms. The molecule has 0 aliphatic heterocycles. The zero-order valence-electron chi connectivity index (χ0n) is 11.5. The number of nitrogens with one attached hydrogen (secondary N) is 1. The number of aromatic amines is 1. The van der Waals surface area contributed by atoms with Gasteiger partial charge in [-0.15, -0.1) is 0 Å². The third-order valence-electron chi connectivity index (χ3n) is 3.36. The lowest BCUT2D eigenvalue weighted by molar-refractivity contribution is 0.723. The van der Waals surface area contributed by atoms with Crippen LogP contribution >= 0.6 is 0 Å². The summed E-state index contributed by atoms with van der Waals surface area (Å²) in [6, 6.07) is 6.46. The van der Waals surface area contributed by atoms with Gasteiger partial charge in [0.15, 0.2) is 0 Å². The number of aromatic nitrogens is 2. The molecule has 3 heteroatoms. The molecular weight excluding hydrogens is 222 g/mol. The van der Waals surface area contributed by atoms with E-state index in [4.69, 9.17) is 10.7 Å². The molecule has 96 valence electrons. The minimum absolute atomic E-state index is 0.267. The Kier molecular flexibility index (Phi) is 3.53. The molecule has 1 unspecified atom stereocenters. The second kappa shape index (κ2) is 4.94. The predicted octanol–water partition coefficient (Wildman–Crippen LogP) is 3.06. The maximum Gasteiger partial charge on any atom is 0.111 e. The van der Waals surface area contributed by atoms with Crippen LogP contribution in [0.3, 0.4) is 0 Å². The molecule has 0 aliphatic rings. The van der Waals surface area contributed by atoms with Crippen molar-refractivity contribution in [3.05, 3.63) is 40.8 Å². The van der Waals surface area contributed by atoms with Crippen LogP contribution in [0.1, 0.15) is 35.5 Å². The molecule has 0 saturated heterocycles. The second-order valence-corrected chi connectivity index (χ2v) is 5.05. The van der Waals surface area contributed by atoms with Crippen LogP contribution in [0.2, 0.25) is 0 Å². The normalized spacial score (nSPS) is 12.7. The van der Waals surface area contributed by atoms with Crippen molar-refractivity contribution in [3.63, 3.8) is 0 Å². The summed E-state index contributed by atoms with van der Waals surface area (Å²) < 4.78 is 0. The summed E-state index contributed by atoms with van der Waals surface area (Å²) in [6.45, 7) is 9.00. The van der Waals surface area contributed by atoms with E-state index in [-0.39, 0.29) is 5.92 Å². The number of nitrogens with zero attached hydrogens (tertiary/aromatic N) is 1. The molecule has 1 atom stereocenters. The van der Waals surface area contributed by atoms with E-state index in [9.17, 15) is 0 Å². The van der Waals surface area contributed by atoms with E-state index >= 15 is 0 Å². The first-order valence-corrected chi connectivity index (χ1v) is 6.37. The summed E-state index contributed by atoms with van der Waals surface area (Å²) >= 11 is 0. The average Bonchev–Trinajstić information content (AvgIpc) is 2.70. The molecule has 0 amide bonds. The van der Waals surface area contributed by atoms with E-state index < -0.39 is 0 Å². The Labute approximate surface area is 108 Å². The quantitative estimate of drug-likeness (QED) is 0.870. The first-order valence-electron chi connectivity index (χ1n) is 6.37. The molecule has 0 spiro atoms. The number of H-pyrrole nitrogens is 1. The van der Waals surface area contributed by atoms with Crippen LogP contribution in [0.15, 0.2) is 18.2 Å². The Balaban J connectivity index is 2.47. The third-order valence-corrected chi connectivity index (χ3v) is 3.36. The van der Waals surface area contributed by atoms with Crippen LogP contribution in [0.4, 0.5) is 0 Å². The van der Waals surface area contributed by atoms with Crippen LogP contribution in [0.25, 0.3) is 11.3 Å². The van der Waals surface area contributed by atoms with Gasteiger partial charge in [-0.1, -0.05) is 30.7 Å². The molecule has 1 heterocycles. The van der Waals surface area contributed by atoms with Crippen LogP contribution in [0, 0.1) is 20.8 Å². The van der Waals surface area contributed by atoms with Gasteiger partial charge in [0.2, 0.25) is 0 Å². The smallest absolute Gasteiger partial charge is 0.111 e. The van der Waals surface area contributed by atoms with E-state index in [0.29, 0.717) is 6.54 Å². The van der Waals surface area contributed by atoms with Crippen molar-refractivity contribution >= 4 is 0 Å². The zero-order chi connectivity index (χ0) is 13.3. The van der Waals surface area contributed by atoms with Gasteiger partial charge in [0.25, 0.3) is 0 Å². The summed E-state index contributed by atoms with van der Waals surface area (Å²) in [5, 5.41) is 0. The Morgan fingerprint density at radius 2 is 2.00 bits per heavy atom. The lowest BCUT2D eigenvalue weighted by atomic mass is 10.0. The van der Waals surface area contributed by atoms with Gasteiger partial charge in [-0.3, -0.25) is 0 Å². The van der Waals surface area contributed by atoms with Gasteiger partial charge >= 0.3 is 0 Å². The molecule has 1 aromatic heterocycles. The monoisotopic (exact) mass is 243 g/mol. The average molecular weight is 243 g/mol. The molecule has 0 radical (unpaired) electrons. The Morgan fingerprint density at radius 1 is 1.28 bits per heavy atom. The van der Waals surface area contributed by atoms with Gasteiger partial charge in [-0.25, -0.2) is 4.98 Å². The molecule has 1 aromatic carbocycles. The highest BCUT2D eigenvalue weighted by Gasteiger charge is 2.14. The number of aryl methyl sites for hydroxylation is 3.